The third kappa shape index (κ3) is 2.32. The third-order valence-corrected chi connectivity index (χ3v) is 4.59. The Bertz CT molecular complexity index is 1100. The van der Waals surface area contributed by atoms with E-state index in [9.17, 15) is 4.39 Å². The van der Waals surface area contributed by atoms with Crippen molar-refractivity contribution in [3.05, 3.63) is 53.5 Å². The van der Waals surface area contributed by atoms with Crippen LogP contribution in [0.2, 0.25) is 0 Å². The van der Waals surface area contributed by atoms with E-state index in [4.69, 9.17) is 4.98 Å². The molecule has 0 aliphatic rings. The zero-order valence-electron chi connectivity index (χ0n) is 15.0. The molecule has 1 aromatic carbocycles. The molecule has 6 heteroatoms. The van der Waals surface area contributed by atoms with Crippen molar-refractivity contribution in [1.29, 1.82) is 0 Å². The van der Waals surface area contributed by atoms with Gasteiger partial charge in [-0.3, -0.25) is 4.57 Å². The van der Waals surface area contributed by atoms with E-state index in [0.29, 0.717) is 0 Å². The van der Waals surface area contributed by atoms with E-state index in [0.717, 1.165) is 39.4 Å². The van der Waals surface area contributed by atoms with E-state index in [1.165, 1.54) is 12.1 Å². The van der Waals surface area contributed by atoms with Crippen molar-refractivity contribution in [2.75, 3.05) is 0 Å². The number of aromatic nitrogens is 5. The number of benzene rings is 1. The normalized spacial score (nSPS) is 12.4. The molecule has 25 heavy (non-hydrogen) atoms. The van der Waals surface area contributed by atoms with Crippen LogP contribution in [-0.4, -0.2) is 24.1 Å². The second-order valence-corrected chi connectivity index (χ2v) is 7.42. The summed E-state index contributed by atoms with van der Waals surface area (Å²) in [7, 11) is 0. The van der Waals surface area contributed by atoms with Gasteiger partial charge in [0.1, 0.15) is 12.1 Å². The smallest absolute Gasteiger partial charge is 0.168 e. The van der Waals surface area contributed by atoms with E-state index in [-0.39, 0.29) is 11.2 Å². The zero-order chi connectivity index (χ0) is 17.9. The first-order chi connectivity index (χ1) is 11.8. The van der Waals surface area contributed by atoms with E-state index in [1.807, 2.05) is 11.5 Å². The van der Waals surface area contributed by atoms with Gasteiger partial charge >= 0.3 is 0 Å². The average molecular weight is 337 g/mol. The number of nitrogens with zero attached hydrogens (tertiary/aromatic N) is 5. The minimum Gasteiger partial charge on any atom is -0.298 e. The molecule has 0 saturated carbocycles. The highest BCUT2D eigenvalue weighted by molar-refractivity contribution is 5.95. The molecular formula is C19H20FN5. The second kappa shape index (κ2) is 5.12. The molecule has 0 bridgehead atoms. The maximum Gasteiger partial charge on any atom is 0.168 e. The van der Waals surface area contributed by atoms with Crippen molar-refractivity contribution in [3.63, 3.8) is 0 Å². The van der Waals surface area contributed by atoms with Crippen LogP contribution in [0.1, 0.15) is 37.9 Å². The van der Waals surface area contributed by atoms with Gasteiger partial charge in [0.15, 0.2) is 17.1 Å². The summed E-state index contributed by atoms with van der Waals surface area (Å²) in [5, 5.41) is 5.56. The van der Waals surface area contributed by atoms with Crippen LogP contribution in [-0.2, 0) is 5.41 Å². The monoisotopic (exact) mass is 337 g/mol. The molecule has 5 nitrogen and oxygen atoms in total. The number of rotatable bonds is 1. The highest BCUT2D eigenvalue weighted by Crippen LogP contribution is 2.30. The minimum atomic E-state index is -0.253. The van der Waals surface area contributed by atoms with Crippen LogP contribution in [0.25, 0.3) is 22.4 Å². The number of aryl methyl sites for hydroxylation is 1. The summed E-state index contributed by atoms with van der Waals surface area (Å²) in [5.41, 5.74) is 4.51. The van der Waals surface area contributed by atoms with E-state index < -0.39 is 0 Å². The Balaban J connectivity index is 2.07. The van der Waals surface area contributed by atoms with Crippen LogP contribution in [0.5, 0.6) is 0 Å². The molecule has 128 valence electrons. The lowest BCUT2D eigenvalue weighted by molar-refractivity contribution is 0.545. The third-order valence-electron chi connectivity index (χ3n) is 4.59. The number of halogens is 1. The van der Waals surface area contributed by atoms with Gasteiger partial charge < -0.3 is 0 Å². The van der Waals surface area contributed by atoms with Crippen LogP contribution in [0.15, 0.2) is 30.6 Å². The van der Waals surface area contributed by atoms with Crippen LogP contribution in [0.4, 0.5) is 4.39 Å². The lowest BCUT2D eigenvalue weighted by Crippen LogP contribution is -2.13. The Hall–Kier alpha value is -2.76. The van der Waals surface area contributed by atoms with Gasteiger partial charge in [-0.15, -0.1) is 5.10 Å². The van der Waals surface area contributed by atoms with Crippen molar-refractivity contribution >= 4 is 16.7 Å². The Labute approximate surface area is 145 Å². The first kappa shape index (κ1) is 15.7. The number of fused-ring (bicyclic) bond motifs is 3. The Kier molecular flexibility index (Phi) is 3.22. The number of hydrogen-bond donors (Lipinski definition) is 0. The molecule has 0 aliphatic carbocycles. The van der Waals surface area contributed by atoms with Crippen LogP contribution >= 0.6 is 0 Å². The van der Waals surface area contributed by atoms with Crippen LogP contribution in [0, 0.1) is 19.7 Å². The fraction of sp³-hybridized carbons (Fsp3) is 0.316. The first-order valence-electron chi connectivity index (χ1n) is 8.27. The maximum atomic E-state index is 13.3. The Morgan fingerprint density at radius 1 is 1.00 bits per heavy atom. The molecule has 0 atom stereocenters. The van der Waals surface area contributed by atoms with E-state index in [1.54, 1.807) is 23.0 Å². The van der Waals surface area contributed by atoms with Gasteiger partial charge in [0.25, 0.3) is 0 Å². The molecule has 0 radical (unpaired) electrons. The summed E-state index contributed by atoms with van der Waals surface area (Å²) in [6.07, 6.45) is 1.69. The maximum absolute atomic E-state index is 13.3. The summed E-state index contributed by atoms with van der Waals surface area (Å²) in [6, 6.07) is 6.45. The lowest BCUT2D eigenvalue weighted by Gasteiger charge is -2.11. The molecule has 3 aromatic heterocycles. The highest BCUT2D eigenvalue weighted by atomic mass is 19.1. The predicted molar refractivity (Wildman–Crippen MR) is 95.7 cm³/mol. The van der Waals surface area contributed by atoms with E-state index in [2.05, 4.69) is 37.8 Å². The summed E-state index contributed by atoms with van der Waals surface area (Å²) in [5.74, 6) is 0.533. The summed E-state index contributed by atoms with van der Waals surface area (Å²) in [6.45, 7) is 10.4. The van der Waals surface area contributed by atoms with Crippen molar-refractivity contribution in [2.45, 2.75) is 40.0 Å². The summed E-state index contributed by atoms with van der Waals surface area (Å²) in [4.78, 5) is 9.39. The van der Waals surface area contributed by atoms with Crippen molar-refractivity contribution in [1.82, 2.24) is 24.1 Å². The minimum absolute atomic E-state index is 0.138. The van der Waals surface area contributed by atoms with Gasteiger partial charge in [0, 0.05) is 16.8 Å². The highest BCUT2D eigenvalue weighted by Gasteiger charge is 2.23. The standard InChI is InChI=1S/C19H20FN5/c1-11-12(2)25(14-8-6-13(20)7-9-14)16-15(11)17-22-18(19(3,4)5)23-24(17)10-21-16/h6-10H,1-5H3. The van der Waals surface area contributed by atoms with Gasteiger partial charge in [0.05, 0.1) is 5.39 Å². The van der Waals surface area contributed by atoms with Gasteiger partial charge in [-0.25, -0.2) is 18.9 Å². The first-order valence-corrected chi connectivity index (χ1v) is 8.27. The molecule has 4 rings (SSSR count). The van der Waals surface area contributed by atoms with Gasteiger partial charge in [-0.1, -0.05) is 20.8 Å². The molecular weight excluding hydrogens is 317 g/mol. The lowest BCUT2D eigenvalue weighted by atomic mass is 9.96. The summed E-state index contributed by atoms with van der Waals surface area (Å²) >= 11 is 0. The fourth-order valence-electron chi connectivity index (χ4n) is 3.08. The molecule has 0 saturated heterocycles. The molecule has 0 unspecified atom stereocenters. The molecule has 0 N–H and O–H groups in total. The molecule has 0 spiro atoms. The van der Waals surface area contributed by atoms with Gasteiger partial charge in [0.2, 0.25) is 0 Å². The Morgan fingerprint density at radius 2 is 1.68 bits per heavy atom. The fourth-order valence-corrected chi connectivity index (χ4v) is 3.08. The largest absolute Gasteiger partial charge is 0.298 e. The molecule has 3 heterocycles. The molecule has 0 amide bonds. The zero-order valence-corrected chi connectivity index (χ0v) is 15.0. The topological polar surface area (TPSA) is 48.0 Å². The second-order valence-electron chi connectivity index (χ2n) is 7.42. The molecule has 0 aliphatic heterocycles. The van der Waals surface area contributed by atoms with Crippen LogP contribution < -0.4 is 0 Å². The van der Waals surface area contributed by atoms with Crippen molar-refractivity contribution < 1.29 is 4.39 Å². The molecule has 4 aromatic rings. The average Bonchev–Trinajstić information content (AvgIpc) is 3.09. The molecule has 0 fully saturated rings. The Morgan fingerprint density at radius 3 is 2.32 bits per heavy atom. The van der Waals surface area contributed by atoms with Crippen molar-refractivity contribution in [3.8, 4) is 5.69 Å². The predicted octanol–water partition coefficient (Wildman–Crippen LogP) is 4.12. The SMILES string of the molecule is Cc1c(C)n(-c2ccc(F)cc2)c2ncn3nc(C(C)(C)C)nc3c12. The van der Waals surface area contributed by atoms with Gasteiger partial charge in [-0.05, 0) is 43.7 Å². The van der Waals surface area contributed by atoms with Crippen molar-refractivity contribution in [2.24, 2.45) is 0 Å². The van der Waals surface area contributed by atoms with Crippen LogP contribution in [0.3, 0.4) is 0 Å². The summed E-state index contributed by atoms with van der Waals surface area (Å²) < 4.78 is 17.1. The van der Waals surface area contributed by atoms with E-state index >= 15 is 0 Å². The van der Waals surface area contributed by atoms with Gasteiger partial charge in [-0.2, -0.15) is 0 Å². The quantitative estimate of drug-likeness (QED) is 0.525. The number of hydrogen-bond acceptors (Lipinski definition) is 3.